The Morgan fingerprint density at radius 3 is 2.37 bits per heavy atom. The van der Waals surface area contributed by atoms with Crippen LogP contribution in [-0.2, 0) is 24.3 Å². The minimum absolute atomic E-state index is 0.0762. The van der Waals surface area contributed by atoms with Crippen molar-refractivity contribution in [1.82, 2.24) is 25.2 Å². The number of hydrogen-bond acceptors (Lipinski definition) is 6. The van der Waals surface area contributed by atoms with Gasteiger partial charge in [-0.1, -0.05) is 24.3 Å². The summed E-state index contributed by atoms with van der Waals surface area (Å²) in [7, 11) is 1.46. The fourth-order valence-corrected chi connectivity index (χ4v) is 3.90. The number of benzene rings is 1. The highest BCUT2D eigenvalue weighted by Gasteiger charge is 2.20. The summed E-state index contributed by atoms with van der Waals surface area (Å²) in [5.74, 6) is -0.518. The van der Waals surface area contributed by atoms with Gasteiger partial charge < -0.3 is 20.9 Å². The number of anilines is 1. The highest BCUT2D eigenvalue weighted by Crippen LogP contribution is 2.23. The standard InChI is InChI=1S/C26H26N6O3/c1-3-32-24(27)22(26(35)28-2)23(34)19-8-9-20(31-25(19)32)18-6-4-16(5-7-18)14-21(33)30-15-17-10-12-29-13-11-17/h4-13H,3,14-15,27H2,1-2H3,(H,28,35)(H,30,33). The van der Waals surface area contributed by atoms with Crippen molar-refractivity contribution in [3.8, 4) is 11.3 Å². The third-order valence-corrected chi connectivity index (χ3v) is 5.77. The molecule has 2 amide bonds. The molecule has 0 saturated heterocycles. The molecule has 35 heavy (non-hydrogen) atoms. The first-order chi connectivity index (χ1) is 16.9. The lowest BCUT2D eigenvalue weighted by molar-refractivity contribution is -0.120. The molecule has 0 radical (unpaired) electrons. The maximum absolute atomic E-state index is 12.9. The smallest absolute Gasteiger partial charge is 0.258 e. The molecule has 0 fully saturated rings. The number of aromatic nitrogens is 3. The van der Waals surface area contributed by atoms with Gasteiger partial charge in [0.1, 0.15) is 17.0 Å². The molecule has 4 N–H and O–H groups in total. The lowest BCUT2D eigenvalue weighted by Crippen LogP contribution is -2.30. The second-order valence-corrected chi connectivity index (χ2v) is 7.99. The number of aryl methyl sites for hydroxylation is 1. The molecule has 178 valence electrons. The number of nitrogens with one attached hydrogen (secondary N) is 2. The van der Waals surface area contributed by atoms with E-state index in [1.807, 2.05) is 43.3 Å². The molecule has 0 unspecified atom stereocenters. The van der Waals surface area contributed by atoms with Crippen molar-refractivity contribution in [2.75, 3.05) is 12.8 Å². The van der Waals surface area contributed by atoms with Crippen LogP contribution in [0.1, 0.15) is 28.4 Å². The Hall–Kier alpha value is -4.53. The quantitative estimate of drug-likeness (QED) is 0.380. The van der Waals surface area contributed by atoms with E-state index < -0.39 is 11.3 Å². The summed E-state index contributed by atoms with van der Waals surface area (Å²) in [4.78, 5) is 46.1. The third-order valence-electron chi connectivity index (χ3n) is 5.77. The van der Waals surface area contributed by atoms with Crippen LogP contribution < -0.4 is 21.8 Å². The van der Waals surface area contributed by atoms with E-state index >= 15 is 0 Å². The molecule has 3 heterocycles. The van der Waals surface area contributed by atoms with Gasteiger partial charge in [-0.05, 0) is 42.3 Å². The number of carbonyl (C=O) groups excluding carboxylic acids is 2. The SMILES string of the molecule is CCn1c(N)c(C(=O)NC)c(=O)c2ccc(-c3ccc(CC(=O)NCc4ccncc4)cc3)nc21. The van der Waals surface area contributed by atoms with Crippen molar-refractivity contribution in [1.29, 1.82) is 0 Å². The van der Waals surface area contributed by atoms with Gasteiger partial charge >= 0.3 is 0 Å². The van der Waals surface area contributed by atoms with Gasteiger partial charge in [0, 0.05) is 38.1 Å². The Morgan fingerprint density at radius 1 is 1.00 bits per heavy atom. The Labute approximate surface area is 202 Å². The van der Waals surface area contributed by atoms with Crippen molar-refractivity contribution in [3.63, 3.8) is 0 Å². The molecular formula is C26H26N6O3. The number of pyridine rings is 3. The Morgan fingerprint density at radius 2 is 1.71 bits per heavy atom. The van der Waals surface area contributed by atoms with E-state index in [9.17, 15) is 14.4 Å². The summed E-state index contributed by atoms with van der Waals surface area (Å²) in [6, 6.07) is 14.6. The van der Waals surface area contributed by atoms with Crippen LogP contribution in [0.2, 0.25) is 0 Å². The molecule has 0 bridgehead atoms. The van der Waals surface area contributed by atoms with E-state index in [0.29, 0.717) is 29.8 Å². The normalized spacial score (nSPS) is 10.8. The number of nitrogens with two attached hydrogens (primary N) is 1. The summed E-state index contributed by atoms with van der Waals surface area (Å²) < 4.78 is 1.66. The van der Waals surface area contributed by atoms with Crippen LogP contribution in [-0.4, -0.2) is 33.4 Å². The first-order valence-corrected chi connectivity index (χ1v) is 11.2. The highest BCUT2D eigenvalue weighted by atomic mass is 16.2. The fraction of sp³-hybridized carbons (Fsp3) is 0.192. The molecule has 3 aromatic heterocycles. The zero-order valence-electron chi connectivity index (χ0n) is 19.5. The molecule has 1 aromatic carbocycles. The monoisotopic (exact) mass is 470 g/mol. The lowest BCUT2D eigenvalue weighted by atomic mass is 10.1. The van der Waals surface area contributed by atoms with E-state index in [2.05, 4.69) is 20.6 Å². The Balaban J connectivity index is 1.57. The Kier molecular flexibility index (Phi) is 6.86. The molecule has 0 spiro atoms. The maximum atomic E-state index is 12.9. The number of amides is 2. The van der Waals surface area contributed by atoms with E-state index in [-0.39, 0.29) is 23.7 Å². The van der Waals surface area contributed by atoms with E-state index in [1.165, 1.54) is 7.05 Å². The van der Waals surface area contributed by atoms with Gasteiger partial charge in [-0.2, -0.15) is 0 Å². The minimum atomic E-state index is -0.527. The molecule has 0 atom stereocenters. The van der Waals surface area contributed by atoms with Crippen molar-refractivity contribution in [2.24, 2.45) is 0 Å². The summed E-state index contributed by atoms with van der Waals surface area (Å²) >= 11 is 0. The first kappa shape index (κ1) is 23.6. The van der Waals surface area contributed by atoms with Crippen LogP contribution in [0.3, 0.4) is 0 Å². The summed E-state index contributed by atoms with van der Waals surface area (Å²) in [5.41, 5.74) is 9.40. The van der Waals surface area contributed by atoms with Gasteiger partial charge in [0.2, 0.25) is 11.3 Å². The average Bonchev–Trinajstić information content (AvgIpc) is 2.88. The molecule has 0 aliphatic carbocycles. The van der Waals surface area contributed by atoms with Gasteiger partial charge in [-0.25, -0.2) is 4.98 Å². The van der Waals surface area contributed by atoms with Crippen molar-refractivity contribution >= 4 is 28.7 Å². The summed E-state index contributed by atoms with van der Waals surface area (Å²) in [5, 5.41) is 5.69. The summed E-state index contributed by atoms with van der Waals surface area (Å²) in [6.45, 7) is 2.76. The second kappa shape index (κ2) is 10.2. The van der Waals surface area contributed by atoms with Crippen LogP contribution >= 0.6 is 0 Å². The predicted molar refractivity (Wildman–Crippen MR) is 135 cm³/mol. The molecule has 4 aromatic rings. The zero-order chi connectivity index (χ0) is 24.9. The van der Waals surface area contributed by atoms with Gasteiger partial charge in [0.25, 0.3) is 5.91 Å². The van der Waals surface area contributed by atoms with Gasteiger partial charge in [0.05, 0.1) is 17.5 Å². The second-order valence-electron chi connectivity index (χ2n) is 7.99. The third kappa shape index (κ3) is 4.89. The van der Waals surface area contributed by atoms with Crippen molar-refractivity contribution < 1.29 is 9.59 Å². The predicted octanol–water partition coefficient (Wildman–Crippen LogP) is 2.28. The number of rotatable bonds is 7. The largest absolute Gasteiger partial charge is 0.384 e. The maximum Gasteiger partial charge on any atom is 0.258 e. The van der Waals surface area contributed by atoms with Crippen LogP contribution in [0.4, 0.5) is 5.82 Å². The van der Waals surface area contributed by atoms with Crippen LogP contribution in [0, 0.1) is 0 Å². The number of nitrogen functional groups attached to an aromatic ring is 1. The van der Waals surface area contributed by atoms with Gasteiger partial charge in [-0.15, -0.1) is 0 Å². The van der Waals surface area contributed by atoms with Crippen LogP contribution in [0.15, 0.2) is 65.7 Å². The molecule has 4 rings (SSSR count). The minimum Gasteiger partial charge on any atom is -0.384 e. The highest BCUT2D eigenvalue weighted by molar-refractivity contribution is 6.01. The molecule has 0 aliphatic heterocycles. The van der Waals surface area contributed by atoms with Crippen LogP contribution in [0.5, 0.6) is 0 Å². The number of nitrogens with zero attached hydrogens (tertiary/aromatic N) is 3. The molecule has 0 aliphatic rings. The Bertz CT molecular complexity index is 1450. The topological polar surface area (TPSA) is 132 Å². The van der Waals surface area contributed by atoms with Gasteiger partial charge in [-0.3, -0.25) is 19.4 Å². The van der Waals surface area contributed by atoms with E-state index in [4.69, 9.17) is 5.73 Å². The molecule has 0 saturated carbocycles. The van der Waals surface area contributed by atoms with Crippen LogP contribution in [0.25, 0.3) is 22.3 Å². The number of fused-ring (bicyclic) bond motifs is 1. The first-order valence-electron chi connectivity index (χ1n) is 11.2. The van der Waals surface area contributed by atoms with E-state index in [0.717, 1.165) is 16.7 Å². The molecule has 9 heteroatoms. The van der Waals surface area contributed by atoms with Crippen molar-refractivity contribution in [3.05, 3.63) is 87.8 Å². The lowest BCUT2D eigenvalue weighted by Gasteiger charge is -2.15. The summed E-state index contributed by atoms with van der Waals surface area (Å²) in [6.07, 6.45) is 3.64. The fourth-order valence-electron chi connectivity index (χ4n) is 3.90. The zero-order valence-corrected chi connectivity index (χ0v) is 19.5. The van der Waals surface area contributed by atoms with Gasteiger partial charge in [0.15, 0.2) is 0 Å². The number of carbonyl (C=O) groups is 2. The molecular weight excluding hydrogens is 444 g/mol. The average molecular weight is 471 g/mol. The number of hydrogen-bond donors (Lipinski definition) is 3. The van der Waals surface area contributed by atoms with E-state index in [1.54, 1.807) is 29.1 Å². The van der Waals surface area contributed by atoms with Crippen molar-refractivity contribution in [2.45, 2.75) is 26.4 Å². The molecule has 9 nitrogen and oxygen atoms in total.